The number of aliphatic hydroxyl groups is 2. The Morgan fingerprint density at radius 1 is 1.04 bits per heavy atom. The lowest BCUT2D eigenvalue weighted by Gasteiger charge is -2.46. The molecule has 0 aromatic carbocycles. The van der Waals surface area contributed by atoms with Gasteiger partial charge in [0.2, 0.25) is 0 Å². The number of hydrogen-bond donors (Lipinski definition) is 2. The number of ether oxygens (including phenoxy) is 1. The van der Waals surface area contributed by atoms with Gasteiger partial charge in [-0.05, 0) is 0 Å². The molecule has 0 aromatic heterocycles. The predicted molar refractivity (Wildman–Crippen MR) is 66.3 cm³/mol. The monoisotopic (exact) mass is 360 g/mol. The third kappa shape index (κ3) is 2.94. The van der Waals surface area contributed by atoms with Crippen molar-refractivity contribution in [1.29, 1.82) is 5.26 Å². The summed E-state index contributed by atoms with van der Waals surface area (Å²) >= 11 is 0. The highest BCUT2D eigenvalue weighted by Crippen LogP contribution is 2.53. The number of alkyl halides is 6. The van der Waals surface area contributed by atoms with Crippen molar-refractivity contribution >= 4 is 0 Å². The Labute approximate surface area is 132 Å². The van der Waals surface area contributed by atoms with Crippen LogP contribution in [-0.2, 0) is 4.74 Å². The van der Waals surface area contributed by atoms with Crippen LogP contribution in [0.3, 0.4) is 0 Å². The van der Waals surface area contributed by atoms with Gasteiger partial charge in [-0.1, -0.05) is 0 Å². The van der Waals surface area contributed by atoms with Crippen molar-refractivity contribution in [2.45, 2.75) is 36.4 Å². The molecule has 0 aromatic rings. The average Bonchev–Trinajstić information content (AvgIpc) is 2.45. The zero-order chi connectivity index (χ0) is 18.4. The van der Waals surface area contributed by atoms with Crippen LogP contribution >= 0.6 is 0 Å². The average molecular weight is 360 g/mol. The van der Waals surface area contributed by atoms with Crippen molar-refractivity contribution in [3.05, 3.63) is 11.3 Å². The van der Waals surface area contributed by atoms with Gasteiger partial charge in [-0.15, -0.1) is 0 Å². The minimum Gasteiger partial charge on any atom is -0.380 e. The molecule has 1 heterocycles. The standard InChI is InChI=1S/C13H14F6N2O3/c14-12(15,16)10(22)5-9(21-1-3-24-4-2-21)8(6-20)11(23,7-10)13(17,18)19/h22-23H,1-5,7H2/t10-,11-/m0/s1. The molecule has 0 amide bonds. The van der Waals surface area contributed by atoms with E-state index in [1.807, 2.05) is 0 Å². The second kappa shape index (κ2) is 5.79. The summed E-state index contributed by atoms with van der Waals surface area (Å²) in [6.07, 6.45) is -14.3. The molecule has 1 aliphatic carbocycles. The molecular weight excluding hydrogens is 346 g/mol. The minimum absolute atomic E-state index is 0.0388. The number of nitriles is 1. The van der Waals surface area contributed by atoms with Crippen LogP contribution < -0.4 is 0 Å². The first-order valence-electron chi connectivity index (χ1n) is 6.90. The Morgan fingerprint density at radius 3 is 2.00 bits per heavy atom. The van der Waals surface area contributed by atoms with Crippen molar-refractivity contribution in [2.24, 2.45) is 0 Å². The predicted octanol–water partition coefficient (Wildman–Crippen LogP) is 1.48. The van der Waals surface area contributed by atoms with Gasteiger partial charge in [0, 0.05) is 31.6 Å². The van der Waals surface area contributed by atoms with E-state index in [-0.39, 0.29) is 26.3 Å². The van der Waals surface area contributed by atoms with Crippen LogP contribution in [0.2, 0.25) is 0 Å². The molecule has 24 heavy (non-hydrogen) atoms. The highest BCUT2D eigenvalue weighted by molar-refractivity contribution is 5.42. The Balaban J connectivity index is 2.63. The summed E-state index contributed by atoms with van der Waals surface area (Å²) in [5, 5.41) is 28.9. The topological polar surface area (TPSA) is 76.7 Å². The van der Waals surface area contributed by atoms with Gasteiger partial charge in [0.25, 0.3) is 0 Å². The number of halogens is 6. The number of hydrogen-bond acceptors (Lipinski definition) is 5. The first-order valence-corrected chi connectivity index (χ1v) is 6.90. The molecule has 0 radical (unpaired) electrons. The van der Waals surface area contributed by atoms with E-state index >= 15 is 0 Å². The Morgan fingerprint density at radius 2 is 1.58 bits per heavy atom. The normalized spacial score (nSPS) is 32.7. The van der Waals surface area contributed by atoms with Crippen LogP contribution in [0.4, 0.5) is 26.3 Å². The van der Waals surface area contributed by atoms with Crippen LogP contribution in [0.25, 0.3) is 0 Å². The molecule has 11 heteroatoms. The van der Waals surface area contributed by atoms with E-state index in [0.29, 0.717) is 0 Å². The summed E-state index contributed by atoms with van der Waals surface area (Å²) in [6, 6.07) is 1.19. The summed E-state index contributed by atoms with van der Waals surface area (Å²) in [7, 11) is 0. The third-order valence-corrected chi connectivity index (χ3v) is 4.21. The Hall–Kier alpha value is -1.51. The second-order valence-electron chi connectivity index (χ2n) is 5.77. The SMILES string of the molecule is N#CC1=C(N2CCOCC2)C[C@@](O)(C(F)(F)F)C[C@@]1(O)C(F)(F)F. The first-order chi connectivity index (χ1) is 10.9. The van der Waals surface area contributed by atoms with E-state index < -0.39 is 47.7 Å². The van der Waals surface area contributed by atoms with E-state index in [2.05, 4.69) is 0 Å². The Kier molecular flexibility index (Phi) is 4.54. The molecule has 1 aliphatic heterocycles. The minimum atomic E-state index is -5.56. The summed E-state index contributed by atoms with van der Waals surface area (Å²) < 4.78 is 84.3. The molecular formula is C13H14F6N2O3. The van der Waals surface area contributed by atoms with Gasteiger partial charge < -0.3 is 19.8 Å². The van der Waals surface area contributed by atoms with Gasteiger partial charge in [0.15, 0.2) is 11.2 Å². The van der Waals surface area contributed by atoms with Crippen molar-refractivity contribution in [3.8, 4) is 6.07 Å². The molecule has 2 N–H and O–H groups in total. The molecule has 1 saturated heterocycles. The molecule has 1 fully saturated rings. The van der Waals surface area contributed by atoms with Crippen molar-refractivity contribution < 1.29 is 41.3 Å². The molecule has 0 bridgehead atoms. The van der Waals surface area contributed by atoms with Gasteiger partial charge in [0.1, 0.15) is 0 Å². The number of nitrogens with zero attached hydrogens (tertiary/aromatic N) is 2. The molecule has 136 valence electrons. The molecule has 2 rings (SSSR count). The fourth-order valence-corrected chi connectivity index (χ4v) is 2.88. The lowest BCUT2D eigenvalue weighted by molar-refractivity contribution is -0.311. The molecule has 0 unspecified atom stereocenters. The molecule has 2 atom stereocenters. The van der Waals surface area contributed by atoms with E-state index in [1.54, 1.807) is 0 Å². The fraction of sp³-hybridized carbons (Fsp3) is 0.769. The Bertz CT molecular complexity index is 576. The largest absolute Gasteiger partial charge is 0.422 e. The first kappa shape index (κ1) is 18.8. The lowest BCUT2D eigenvalue weighted by Crippen LogP contribution is -2.61. The molecule has 0 saturated carbocycles. The van der Waals surface area contributed by atoms with Crippen LogP contribution in [0.15, 0.2) is 11.3 Å². The van der Waals surface area contributed by atoms with Gasteiger partial charge in [-0.3, -0.25) is 0 Å². The maximum absolute atomic E-state index is 13.3. The number of rotatable bonds is 1. The second-order valence-corrected chi connectivity index (χ2v) is 5.77. The van der Waals surface area contributed by atoms with Crippen molar-refractivity contribution in [2.75, 3.05) is 26.3 Å². The van der Waals surface area contributed by atoms with Gasteiger partial charge in [0.05, 0.1) is 24.9 Å². The zero-order valence-corrected chi connectivity index (χ0v) is 12.2. The zero-order valence-electron chi connectivity index (χ0n) is 12.2. The van der Waals surface area contributed by atoms with Crippen LogP contribution in [0.1, 0.15) is 12.8 Å². The molecule has 0 spiro atoms. The lowest BCUT2D eigenvalue weighted by atomic mass is 9.72. The number of morpholine rings is 1. The van der Waals surface area contributed by atoms with Crippen molar-refractivity contribution in [3.63, 3.8) is 0 Å². The highest BCUT2D eigenvalue weighted by Gasteiger charge is 2.69. The van der Waals surface area contributed by atoms with E-state index in [4.69, 9.17) is 10.00 Å². The smallest absolute Gasteiger partial charge is 0.380 e. The van der Waals surface area contributed by atoms with E-state index in [1.165, 1.54) is 6.07 Å². The summed E-state index contributed by atoms with van der Waals surface area (Å²) in [5.41, 5.74) is -9.76. The summed E-state index contributed by atoms with van der Waals surface area (Å²) in [6.45, 7) is -0.0288. The van der Waals surface area contributed by atoms with Crippen molar-refractivity contribution in [1.82, 2.24) is 4.90 Å². The van der Waals surface area contributed by atoms with Gasteiger partial charge >= 0.3 is 12.4 Å². The fourth-order valence-electron chi connectivity index (χ4n) is 2.88. The highest BCUT2D eigenvalue weighted by atomic mass is 19.4. The quantitative estimate of drug-likeness (QED) is 0.693. The van der Waals surface area contributed by atoms with Crippen LogP contribution in [-0.4, -0.2) is 65.0 Å². The summed E-state index contributed by atoms with van der Waals surface area (Å²) in [5.74, 6) is 0. The maximum Gasteiger partial charge on any atom is 0.422 e. The third-order valence-electron chi connectivity index (χ3n) is 4.21. The van der Waals surface area contributed by atoms with Gasteiger partial charge in [-0.2, -0.15) is 31.6 Å². The van der Waals surface area contributed by atoms with E-state index in [9.17, 15) is 36.6 Å². The molecule has 5 nitrogen and oxygen atoms in total. The van der Waals surface area contributed by atoms with E-state index in [0.717, 1.165) is 4.90 Å². The van der Waals surface area contributed by atoms with Gasteiger partial charge in [-0.25, -0.2) is 0 Å². The molecule has 2 aliphatic rings. The van der Waals surface area contributed by atoms with Crippen LogP contribution in [0.5, 0.6) is 0 Å². The van der Waals surface area contributed by atoms with Crippen LogP contribution in [0, 0.1) is 11.3 Å². The maximum atomic E-state index is 13.3. The summed E-state index contributed by atoms with van der Waals surface area (Å²) in [4.78, 5) is 1.11.